The van der Waals surface area contributed by atoms with Crippen LogP contribution in [-0.4, -0.2) is 12.4 Å². The molecule has 3 nitrogen and oxygen atoms in total. The summed E-state index contributed by atoms with van der Waals surface area (Å²) in [6, 6.07) is 0. The smallest absolute Gasteiger partial charge is 0.116 e. The summed E-state index contributed by atoms with van der Waals surface area (Å²) < 4.78 is 0. The van der Waals surface area contributed by atoms with Crippen LogP contribution in [-0.2, 0) is 0 Å². The van der Waals surface area contributed by atoms with Crippen molar-refractivity contribution in [2.45, 2.75) is 34.1 Å². The van der Waals surface area contributed by atoms with Crippen LogP contribution in [0.3, 0.4) is 0 Å². The van der Waals surface area contributed by atoms with Gasteiger partial charge in [-0.3, -0.25) is 4.99 Å². The molecule has 3 N–H and O–H groups in total. The van der Waals surface area contributed by atoms with E-state index in [0.717, 1.165) is 18.8 Å². The van der Waals surface area contributed by atoms with E-state index >= 15 is 0 Å². The van der Waals surface area contributed by atoms with E-state index in [4.69, 9.17) is 5.84 Å². The van der Waals surface area contributed by atoms with Crippen LogP contribution < -0.4 is 11.3 Å². The Morgan fingerprint density at radius 1 is 1.45 bits per heavy atom. The van der Waals surface area contributed by atoms with Gasteiger partial charge in [0.1, 0.15) is 5.84 Å². The van der Waals surface area contributed by atoms with Gasteiger partial charge in [-0.2, -0.15) is 0 Å². The first-order valence-corrected chi connectivity index (χ1v) is 4.10. The molecule has 0 aromatic carbocycles. The van der Waals surface area contributed by atoms with E-state index in [2.05, 4.69) is 31.2 Å². The fourth-order valence-corrected chi connectivity index (χ4v) is 0.781. The van der Waals surface area contributed by atoms with Gasteiger partial charge in [-0.05, 0) is 13.3 Å². The second-order valence-corrected chi connectivity index (χ2v) is 3.20. The van der Waals surface area contributed by atoms with E-state index in [-0.39, 0.29) is 5.41 Å². The molecule has 0 atom stereocenters. The van der Waals surface area contributed by atoms with Crippen LogP contribution in [0.5, 0.6) is 0 Å². The number of amidine groups is 1. The number of nitrogens with zero attached hydrogens (tertiary/aromatic N) is 1. The lowest BCUT2D eigenvalue weighted by molar-refractivity contribution is 0.484. The maximum absolute atomic E-state index is 5.34. The van der Waals surface area contributed by atoms with Gasteiger partial charge in [-0.25, -0.2) is 5.84 Å². The van der Waals surface area contributed by atoms with Crippen molar-refractivity contribution >= 4 is 5.84 Å². The largest absolute Gasteiger partial charge is 0.312 e. The highest BCUT2D eigenvalue weighted by Gasteiger charge is 2.21. The Balaban J connectivity index is 4.36. The van der Waals surface area contributed by atoms with Crippen LogP contribution in [0.25, 0.3) is 0 Å². The van der Waals surface area contributed by atoms with E-state index in [1.54, 1.807) is 0 Å². The first-order chi connectivity index (χ1) is 5.08. The predicted octanol–water partition coefficient (Wildman–Crippen LogP) is 1.30. The summed E-state index contributed by atoms with van der Waals surface area (Å²) in [5, 5.41) is 0. The van der Waals surface area contributed by atoms with Crippen molar-refractivity contribution in [1.29, 1.82) is 0 Å². The third kappa shape index (κ3) is 2.89. The van der Waals surface area contributed by atoms with Crippen LogP contribution in [0.15, 0.2) is 4.99 Å². The van der Waals surface area contributed by atoms with Gasteiger partial charge in [-0.15, -0.1) is 0 Å². The number of aliphatic imine (C=N–C) groups is 1. The summed E-state index contributed by atoms with van der Waals surface area (Å²) in [6.07, 6.45) is 1.04. The molecule has 11 heavy (non-hydrogen) atoms. The van der Waals surface area contributed by atoms with E-state index in [1.807, 2.05) is 6.92 Å². The molecule has 0 aromatic heterocycles. The average Bonchev–Trinajstić information content (AvgIpc) is 2.00. The first-order valence-electron chi connectivity index (χ1n) is 4.10. The van der Waals surface area contributed by atoms with E-state index < -0.39 is 0 Å². The SMILES string of the molecule is CCN=C(NN)C(C)(C)CC. The second-order valence-electron chi connectivity index (χ2n) is 3.20. The molecule has 0 saturated heterocycles. The maximum atomic E-state index is 5.34. The minimum absolute atomic E-state index is 0.0742. The lowest BCUT2D eigenvalue weighted by Gasteiger charge is -2.24. The molecular formula is C8H19N3. The van der Waals surface area contributed by atoms with E-state index in [0.29, 0.717) is 0 Å². The van der Waals surface area contributed by atoms with E-state index in [1.165, 1.54) is 0 Å². The lowest BCUT2D eigenvalue weighted by atomic mass is 9.89. The Hall–Kier alpha value is -0.570. The summed E-state index contributed by atoms with van der Waals surface area (Å²) in [6.45, 7) is 9.16. The Morgan fingerprint density at radius 3 is 2.27 bits per heavy atom. The summed E-state index contributed by atoms with van der Waals surface area (Å²) in [5.74, 6) is 6.23. The average molecular weight is 157 g/mol. The molecule has 0 bridgehead atoms. The molecule has 3 heteroatoms. The molecule has 0 aromatic rings. The standard InChI is InChI=1S/C8H19N3/c1-5-8(3,4)7(11-9)10-6-2/h5-6,9H2,1-4H3,(H,10,11). The molecule has 0 saturated carbocycles. The van der Waals surface area contributed by atoms with Gasteiger partial charge in [-0.1, -0.05) is 20.8 Å². The van der Waals surface area contributed by atoms with Gasteiger partial charge in [0.15, 0.2) is 0 Å². The minimum Gasteiger partial charge on any atom is -0.312 e. The summed E-state index contributed by atoms with van der Waals surface area (Å²) >= 11 is 0. The summed E-state index contributed by atoms with van der Waals surface area (Å²) in [5.41, 5.74) is 2.72. The number of rotatable bonds is 3. The van der Waals surface area contributed by atoms with Crippen molar-refractivity contribution in [1.82, 2.24) is 5.43 Å². The molecule has 0 unspecified atom stereocenters. The molecular weight excluding hydrogens is 138 g/mol. The molecule has 0 fully saturated rings. The lowest BCUT2D eigenvalue weighted by Crippen LogP contribution is -2.41. The van der Waals surface area contributed by atoms with Gasteiger partial charge in [0, 0.05) is 12.0 Å². The Labute approximate surface area is 69.0 Å². The molecule has 0 aliphatic rings. The predicted molar refractivity (Wildman–Crippen MR) is 49.4 cm³/mol. The molecule has 0 aliphatic heterocycles. The Bertz CT molecular complexity index is 138. The minimum atomic E-state index is 0.0742. The molecule has 0 aliphatic carbocycles. The molecule has 0 radical (unpaired) electrons. The topological polar surface area (TPSA) is 50.4 Å². The van der Waals surface area contributed by atoms with Crippen LogP contribution >= 0.6 is 0 Å². The first kappa shape index (κ1) is 10.4. The van der Waals surface area contributed by atoms with E-state index in [9.17, 15) is 0 Å². The van der Waals surface area contributed by atoms with Crippen LogP contribution in [0.4, 0.5) is 0 Å². The number of hydrogen-bond donors (Lipinski definition) is 2. The second kappa shape index (κ2) is 4.34. The molecule has 0 rings (SSSR count). The normalized spacial score (nSPS) is 13.4. The summed E-state index contributed by atoms with van der Waals surface area (Å²) in [4.78, 5) is 4.27. The van der Waals surface area contributed by atoms with Crippen LogP contribution in [0.2, 0.25) is 0 Å². The van der Waals surface area contributed by atoms with Gasteiger partial charge >= 0.3 is 0 Å². The highest BCUT2D eigenvalue weighted by molar-refractivity contribution is 5.86. The third-order valence-electron chi connectivity index (χ3n) is 1.98. The van der Waals surface area contributed by atoms with Crippen molar-refractivity contribution in [3.05, 3.63) is 0 Å². The number of nitrogens with one attached hydrogen (secondary N) is 1. The monoisotopic (exact) mass is 157 g/mol. The number of hydrazine groups is 1. The number of nitrogens with two attached hydrogens (primary N) is 1. The third-order valence-corrected chi connectivity index (χ3v) is 1.98. The highest BCUT2D eigenvalue weighted by Crippen LogP contribution is 2.20. The van der Waals surface area contributed by atoms with Crippen molar-refractivity contribution in [2.24, 2.45) is 16.3 Å². The van der Waals surface area contributed by atoms with Crippen molar-refractivity contribution in [3.63, 3.8) is 0 Å². The van der Waals surface area contributed by atoms with Gasteiger partial charge < -0.3 is 5.43 Å². The maximum Gasteiger partial charge on any atom is 0.116 e. The molecule has 0 heterocycles. The van der Waals surface area contributed by atoms with Crippen molar-refractivity contribution in [2.75, 3.05) is 6.54 Å². The van der Waals surface area contributed by atoms with Crippen molar-refractivity contribution in [3.8, 4) is 0 Å². The zero-order valence-corrected chi connectivity index (χ0v) is 7.94. The Kier molecular flexibility index (Phi) is 4.11. The molecule has 0 spiro atoms. The van der Waals surface area contributed by atoms with Crippen LogP contribution in [0.1, 0.15) is 34.1 Å². The molecule has 0 amide bonds. The van der Waals surface area contributed by atoms with Gasteiger partial charge in [0.2, 0.25) is 0 Å². The zero-order valence-electron chi connectivity index (χ0n) is 7.94. The fourth-order valence-electron chi connectivity index (χ4n) is 0.781. The Morgan fingerprint density at radius 2 is 2.00 bits per heavy atom. The number of hydrogen-bond acceptors (Lipinski definition) is 2. The summed E-state index contributed by atoms with van der Waals surface area (Å²) in [7, 11) is 0. The highest BCUT2D eigenvalue weighted by atomic mass is 15.3. The van der Waals surface area contributed by atoms with Crippen molar-refractivity contribution < 1.29 is 0 Å². The zero-order chi connectivity index (χ0) is 8.91. The van der Waals surface area contributed by atoms with Gasteiger partial charge in [0.05, 0.1) is 0 Å². The molecule has 66 valence electrons. The van der Waals surface area contributed by atoms with Crippen LogP contribution in [0, 0.1) is 5.41 Å². The van der Waals surface area contributed by atoms with Gasteiger partial charge in [0.25, 0.3) is 0 Å². The fraction of sp³-hybridized carbons (Fsp3) is 0.875. The quantitative estimate of drug-likeness (QED) is 0.281.